The third-order valence-electron chi connectivity index (χ3n) is 5.17. The molecule has 0 spiro atoms. The zero-order chi connectivity index (χ0) is 20.9. The number of aromatic nitrogens is 2. The highest BCUT2D eigenvalue weighted by Crippen LogP contribution is 2.45. The summed E-state index contributed by atoms with van der Waals surface area (Å²) in [7, 11) is 1.34. The summed E-state index contributed by atoms with van der Waals surface area (Å²) in [4.78, 5) is 29.0. The Morgan fingerprint density at radius 1 is 0.931 bits per heavy atom. The van der Waals surface area contributed by atoms with E-state index in [0.29, 0.717) is 11.1 Å². The molecule has 1 aliphatic rings. The molecule has 0 unspecified atom stereocenters. The Hall–Kier alpha value is -3.35. The van der Waals surface area contributed by atoms with E-state index in [-0.39, 0.29) is 22.9 Å². The van der Waals surface area contributed by atoms with Gasteiger partial charge in [-0.3, -0.25) is 14.6 Å². The van der Waals surface area contributed by atoms with Gasteiger partial charge in [-0.2, -0.15) is 8.78 Å². The quantitative estimate of drug-likeness (QED) is 0.667. The largest absolute Gasteiger partial charge is 0.352 e. The third-order valence-corrected chi connectivity index (χ3v) is 5.17. The molecule has 0 fully saturated rings. The lowest BCUT2D eigenvalue weighted by molar-refractivity contribution is -0.141. The molecule has 0 saturated heterocycles. The Bertz CT molecular complexity index is 1180. The number of nitrogens with zero attached hydrogens (tertiary/aromatic N) is 3. The van der Waals surface area contributed by atoms with Gasteiger partial charge in [-0.1, -0.05) is 6.07 Å². The SMILES string of the molecule is CC(C)n1cc(-c2cncc(-c3ccc4c(c3)C(F)(F)C(=O)N4C)c2)ccc1=O. The van der Waals surface area contributed by atoms with E-state index >= 15 is 0 Å². The predicted octanol–water partition coefficient (Wildman–Crippen LogP) is 4.23. The van der Waals surface area contributed by atoms with Gasteiger partial charge >= 0.3 is 11.8 Å². The van der Waals surface area contributed by atoms with E-state index in [9.17, 15) is 18.4 Å². The Balaban J connectivity index is 1.78. The van der Waals surface area contributed by atoms with Crippen molar-refractivity contribution in [2.75, 3.05) is 11.9 Å². The third kappa shape index (κ3) is 3.03. The first-order chi connectivity index (χ1) is 13.7. The van der Waals surface area contributed by atoms with E-state index in [1.165, 1.54) is 25.2 Å². The molecule has 0 saturated carbocycles. The molecule has 4 rings (SSSR count). The fourth-order valence-electron chi connectivity index (χ4n) is 3.53. The average Bonchev–Trinajstić information content (AvgIpc) is 2.88. The number of pyridine rings is 2. The van der Waals surface area contributed by atoms with Crippen LogP contribution in [0.25, 0.3) is 22.3 Å². The van der Waals surface area contributed by atoms with Crippen LogP contribution in [-0.4, -0.2) is 22.5 Å². The van der Waals surface area contributed by atoms with Crippen LogP contribution in [0, 0.1) is 0 Å². The van der Waals surface area contributed by atoms with Crippen molar-refractivity contribution in [2.45, 2.75) is 25.8 Å². The van der Waals surface area contributed by atoms with Crippen LogP contribution in [0.5, 0.6) is 0 Å². The van der Waals surface area contributed by atoms with Crippen molar-refractivity contribution in [1.82, 2.24) is 9.55 Å². The first-order valence-corrected chi connectivity index (χ1v) is 9.18. The van der Waals surface area contributed by atoms with Crippen molar-refractivity contribution in [1.29, 1.82) is 0 Å². The number of alkyl halides is 2. The van der Waals surface area contributed by atoms with Crippen LogP contribution >= 0.6 is 0 Å². The highest BCUT2D eigenvalue weighted by Gasteiger charge is 2.51. The van der Waals surface area contributed by atoms with Gasteiger partial charge in [0.2, 0.25) is 0 Å². The lowest BCUT2D eigenvalue weighted by Gasteiger charge is -2.13. The van der Waals surface area contributed by atoms with Crippen LogP contribution < -0.4 is 10.5 Å². The number of benzene rings is 1. The monoisotopic (exact) mass is 395 g/mol. The summed E-state index contributed by atoms with van der Waals surface area (Å²) < 4.78 is 30.3. The predicted molar refractivity (Wildman–Crippen MR) is 107 cm³/mol. The van der Waals surface area contributed by atoms with Crippen molar-refractivity contribution in [3.8, 4) is 22.3 Å². The Morgan fingerprint density at radius 3 is 2.28 bits per heavy atom. The maximum Gasteiger partial charge on any atom is 0.352 e. The fraction of sp³-hybridized carbons (Fsp3) is 0.227. The summed E-state index contributed by atoms with van der Waals surface area (Å²) in [6.45, 7) is 3.84. The number of carbonyl (C=O) groups excluding carboxylic acids is 1. The van der Waals surface area contributed by atoms with E-state index in [1.54, 1.807) is 35.3 Å². The Kier molecular flexibility index (Phi) is 4.33. The number of anilines is 1. The fourth-order valence-corrected chi connectivity index (χ4v) is 3.53. The van der Waals surface area contributed by atoms with Crippen LogP contribution in [0.1, 0.15) is 25.5 Å². The molecule has 5 nitrogen and oxygen atoms in total. The molecular weight excluding hydrogens is 376 g/mol. The van der Waals surface area contributed by atoms with Gasteiger partial charge in [-0.25, -0.2) is 0 Å². The van der Waals surface area contributed by atoms with Gasteiger partial charge in [0.15, 0.2) is 0 Å². The Morgan fingerprint density at radius 2 is 1.59 bits per heavy atom. The molecule has 7 heteroatoms. The number of hydrogen-bond acceptors (Lipinski definition) is 3. The standard InChI is InChI=1S/C22H19F2N3O2/c1-13(2)27-12-15(5-7-20(27)28)17-8-16(10-25-11-17)14-4-6-19-18(9-14)22(23,24)21(29)26(19)3/h4-13H,1-3H3. The summed E-state index contributed by atoms with van der Waals surface area (Å²) in [6, 6.07) is 9.61. The molecule has 0 aliphatic carbocycles. The van der Waals surface area contributed by atoms with Gasteiger partial charge in [0.25, 0.3) is 5.56 Å². The molecule has 2 aromatic heterocycles. The topological polar surface area (TPSA) is 55.2 Å². The van der Waals surface area contributed by atoms with Crippen molar-refractivity contribution in [3.05, 3.63) is 70.9 Å². The van der Waals surface area contributed by atoms with Crippen LogP contribution in [0.4, 0.5) is 14.5 Å². The molecule has 29 heavy (non-hydrogen) atoms. The molecule has 0 bridgehead atoms. The first-order valence-electron chi connectivity index (χ1n) is 9.18. The number of halogens is 2. The molecule has 0 atom stereocenters. The summed E-state index contributed by atoms with van der Waals surface area (Å²) in [5, 5.41) is 0. The normalized spacial score (nSPS) is 15.1. The maximum absolute atomic E-state index is 14.3. The number of amides is 1. The van der Waals surface area contributed by atoms with Gasteiger partial charge in [-0.15, -0.1) is 0 Å². The maximum atomic E-state index is 14.3. The minimum atomic E-state index is -3.54. The summed E-state index contributed by atoms with van der Waals surface area (Å²) >= 11 is 0. The Labute approximate surface area is 166 Å². The van der Waals surface area contributed by atoms with E-state index < -0.39 is 11.8 Å². The second kappa shape index (κ2) is 6.62. The van der Waals surface area contributed by atoms with E-state index in [4.69, 9.17) is 0 Å². The molecule has 1 aliphatic heterocycles. The van der Waals surface area contributed by atoms with Crippen LogP contribution in [0.2, 0.25) is 0 Å². The highest BCUT2D eigenvalue weighted by molar-refractivity contribution is 6.05. The minimum absolute atomic E-state index is 0.00654. The second-order valence-electron chi connectivity index (χ2n) is 7.39. The van der Waals surface area contributed by atoms with Gasteiger partial charge < -0.3 is 9.47 Å². The molecule has 0 N–H and O–H groups in total. The summed E-state index contributed by atoms with van der Waals surface area (Å²) in [5.74, 6) is -4.77. The number of hydrogen-bond donors (Lipinski definition) is 0. The van der Waals surface area contributed by atoms with Gasteiger partial charge in [0.1, 0.15) is 0 Å². The van der Waals surface area contributed by atoms with Crippen molar-refractivity contribution < 1.29 is 13.6 Å². The first kappa shape index (κ1) is 19.0. The van der Waals surface area contributed by atoms with Gasteiger partial charge in [0, 0.05) is 48.9 Å². The van der Waals surface area contributed by atoms with Crippen LogP contribution in [-0.2, 0) is 10.7 Å². The van der Waals surface area contributed by atoms with Crippen molar-refractivity contribution in [3.63, 3.8) is 0 Å². The van der Waals surface area contributed by atoms with Crippen LogP contribution in [0.15, 0.2) is 59.8 Å². The number of fused-ring (bicyclic) bond motifs is 1. The molecular formula is C22H19F2N3O2. The molecule has 1 aromatic carbocycles. The molecule has 3 aromatic rings. The molecule has 3 heterocycles. The van der Waals surface area contributed by atoms with E-state index in [2.05, 4.69) is 4.98 Å². The number of rotatable bonds is 3. The smallest absolute Gasteiger partial charge is 0.312 e. The average molecular weight is 395 g/mol. The highest BCUT2D eigenvalue weighted by atomic mass is 19.3. The zero-order valence-electron chi connectivity index (χ0n) is 16.2. The summed E-state index contributed by atoms with van der Waals surface area (Å²) in [5.41, 5.74) is 2.55. The molecule has 1 amide bonds. The number of carbonyl (C=O) groups is 1. The van der Waals surface area contributed by atoms with Crippen LogP contribution in [0.3, 0.4) is 0 Å². The van der Waals surface area contributed by atoms with E-state index in [1.807, 2.05) is 19.9 Å². The minimum Gasteiger partial charge on any atom is -0.312 e. The van der Waals surface area contributed by atoms with Gasteiger partial charge in [-0.05, 0) is 49.2 Å². The molecule has 0 radical (unpaired) electrons. The van der Waals surface area contributed by atoms with E-state index in [0.717, 1.165) is 16.0 Å². The zero-order valence-corrected chi connectivity index (χ0v) is 16.2. The molecule has 148 valence electrons. The van der Waals surface area contributed by atoms with Crippen molar-refractivity contribution in [2.24, 2.45) is 0 Å². The van der Waals surface area contributed by atoms with Gasteiger partial charge in [0.05, 0.1) is 11.3 Å². The lowest BCUT2D eigenvalue weighted by atomic mass is 9.99. The lowest BCUT2D eigenvalue weighted by Crippen LogP contribution is -2.31. The number of likely N-dealkylation sites (N-methyl/N-ethyl adjacent to an activating group) is 1. The van der Waals surface area contributed by atoms with Crippen molar-refractivity contribution >= 4 is 11.6 Å². The second-order valence-corrected chi connectivity index (χ2v) is 7.39. The summed E-state index contributed by atoms with van der Waals surface area (Å²) in [6.07, 6.45) is 5.01.